The second kappa shape index (κ2) is 9.53. The molecule has 0 unspecified atom stereocenters. The molecule has 2 aromatic heterocycles. The molecule has 2 N–H and O–H groups in total. The molecule has 0 bridgehead atoms. The Hall–Kier alpha value is -3.20. The molecular weight excluding hydrogens is 402 g/mol. The summed E-state index contributed by atoms with van der Waals surface area (Å²) in [4.78, 5) is 12.7. The Morgan fingerprint density at radius 1 is 1.27 bits per heavy atom. The lowest BCUT2D eigenvalue weighted by Gasteiger charge is -2.08. The maximum Gasteiger partial charge on any atom is 0.210 e. The third kappa shape index (κ3) is 4.68. The lowest BCUT2D eigenvalue weighted by atomic mass is 10.2. The highest BCUT2D eigenvalue weighted by molar-refractivity contribution is 7.99. The smallest absolute Gasteiger partial charge is 0.210 e. The predicted octanol–water partition coefficient (Wildman–Crippen LogP) is 3.16. The summed E-state index contributed by atoms with van der Waals surface area (Å²) in [5, 5.41) is 8.60. The molecule has 1 aromatic carbocycles. The van der Waals surface area contributed by atoms with Crippen molar-refractivity contribution in [3.8, 4) is 11.5 Å². The summed E-state index contributed by atoms with van der Waals surface area (Å²) < 4.78 is 14.3. The van der Waals surface area contributed by atoms with E-state index in [2.05, 4.69) is 21.3 Å². The summed E-state index contributed by atoms with van der Waals surface area (Å²) in [6.45, 7) is 8.50. The fourth-order valence-electron chi connectivity index (χ4n) is 3.04. The highest BCUT2D eigenvalue weighted by Crippen LogP contribution is 2.22. The van der Waals surface area contributed by atoms with Gasteiger partial charge in [0.15, 0.2) is 11.6 Å². The Balaban J connectivity index is 1.62. The van der Waals surface area contributed by atoms with E-state index in [9.17, 15) is 4.79 Å². The van der Waals surface area contributed by atoms with Crippen LogP contribution in [0.25, 0.3) is 0 Å². The number of aromatic nitrogens is 4. The molecule has 158 valence electrons. The van der Waals surface area contributed by atoms with Gasteiger partial charge in [-0.25, -0.2) is 4.68 Å². The molecule has 0 saturated carbocycles. The number of hydrogen-bond donors (Lipinski definition) is 1. The maximum absolute atomic E-state index is 12.7. The maximum atomic E-state index is 12.7. The van der Waals surface area contributed by atoms with Gasteiger partial charge < -0.3 is 19.9 Å². The van der Waals surface area contributed by atoms with Crippen molar-refractivity contribution in [1.82, 2.24) is 19.4 Å². The number of rotatable bonds is 10. The summed E-state index contributed by atoms with van der Waals surface area (Å²) in [6, 6.07) is 9.16. The van der Waals surface area contributed by atoms with E-state index >= 15 is 0 Å². The molecule has 0 radical (unpaired) electrons. The van der Waals surface area contributed by atoms with Crippen LogP contribution >= 0.6 is 11.8 Å². The Morgan fingerprint density at radius 3 is 2.77 bits per heavy atom. The minimum Gasteiger partial charge on any atom is -0.497 e. The van der Waals surface area contributed by atoms with E-state index in [1.54, 1.807) is 13.2 Å². The van der Waals surface area contributed by atoms with Gasteiger partial charge in [-0.3, -0.25) is 4.79 Å². The fourth-order valence-corrected chi connectivity index (χ4v) is 3.80. The number of carbonyl (C=O) groups is 1. The van der Waals surface area contributed by atoms with E-state index in [0.29, 0.717) is 34.6 Å². The number of nitrogens with two attached hydrogens (primary N) is 1. The second-order valence-corrected chi connectivity index (χ2v) is 7.57. The number of methoxy groups -OCH3 is 1. The molecule has 0 aliphatic heterocycles. The van der Waals surface area contributed by atoms with Gasteiger partial charge >= 0.3 is 0 Å². The van der Waals surface area contributed by atoms with Crippen molar-refractivity contribution >= 4 is 17.5 Å². The van der Waals surface area contributed by atoms with Crippen LogP contribution in [0.3, 0.4) is 0 Å². The van der Waals surface area contributed by atoms with E-state index in [1.165, 1.54) is 16.4 Å². The monoisotopic (exact) mass is 427 g/mol. The summed E-state index contributed by atoms with van der Waals surface area (Å²) in [5.41, 5.74) is 2.66. The van der Waals surface area contributed by atoms with Crippen molar-refractivity contribution in [2.24, 2.45) is 0 Å². The number of carbonyl (C=O) groups excluding carboxylic acids is 1. The van der Waals surface area contributed by atoms with Gasteiger partial charge in [0, 0.05) is 29.6 Å². The van der Waals surface area contributed by atoms with Crippen LogP contribution in [0.15, 0.2) is 48.1 Å². The van der Waals surface area contributed by atoms with Crippen molar-refractivity contribution in [2.75, 3.05) is 18.7 Å². The zero-order valence-corrected chi connectivity index (χ0v) is 18.1. The van der Waals surface area contributed by atoms with Crippen LogP contribution < -0.4 is 15.3 Å². The first-order valence-corrected chi connectivity index (χ1v) is 10.3. The highest BCUT2D eigenvalue weighted by Gasteiger charge is 2.18. The molecule has 0 atom stereocenters. The Bertz CT molecular complexity index is 1060. The van der Waals surface area contributed by atoms with Crippen LogP contribution in [0.1, 0.15) is 27.6 Å². The number of allylic oxidation sites excluding steroid dienone is 1. The number of nitrogens with zero attached hydrogens (tertiary/aromatic N) is 4. The van der Waals surface area contributed by atoms with E-state index < -0.39 is 0 Å². The van der Waals surface area contributed by atoms with Crippen LogP contribution in [0.2, 0.25) is 0 Å². The Kier molecular flexibility index (Phi) is 6.83. The van der Waals surface area contributed by atoms with Crippen molar-refractivity contribution < 1.29 is 14.3 Å². The number of hydrogen-bond acceptors (Lipinski definition) is 7. The largest absolute Gasteiger partial charge is 0.497 e. The predicted molar refractivity (Wildman–Crippen MR) is 117 cm³/mol. The van der Waals surface area contributed by atoms with Crippen molar-refractivity contribution in [2.45, 2.75) is 32.2 Å². The van der Waals surface area contributed by atoms with E-state index in [-0.39, 0.29) is 18.1 Å². The quantitative estimate of drug-likeness (QED) is 0.230. The minimum absolute atomic E-state index is 0.0144. The van der Waals surface area contributed by atoms with Crippen molar-refractivity contribution in [1.29, 1.82) is 0 Å². The standard InChI is InChI=1S/C21H25N5O3S/c1-5-9-25-14(2)10-18(15(25)3)19(27)13-30-21-24-23-20(26(21)22)12-29-17-8-6-7-16(11-17)28-4/h5-8,10-11H,1,9,12-13,22H2,2-4H3. The summed E-state index contributed by atoms with van der Waals surface area (Å²) in [5.74, 6) is 8.10. The molecule has 30 heavy (non-hydrogen) atoms. The molecule has 8 nitrogen and oxygen atoms in total. The van der Waals surface area contributed by atoms with Gasteiger partial charge in [-0.2, -0.15) is 0 Å². The molecule has 0 aliphatic rings. The fraction of sp³-hybridized carbons (Fsp3) is 0.286. The molecule has 0 saturated heterocycles. The first-order valence-electron chi connectivity index (χ1n) is 9.34. The number of benzene rings is 1. The SMILES string of the molecule is C=CCn1c(C)cc(C(=O)CSc2nnc(COc3cccc(OC)c3)n2N)c1C. The zero-order valence-electron chi connectivity index (χ0n) is 17.3. The summed E-state index contributed by atoms with van der Waals surface area (Å²) in [6.07, 6.45) is 1.81. The first kappa shape index (κ1) is 21.5. The first-order chi connectivity index (χ1) is 14.4. The van der Waals surface area contributed by atoms with Crippen LogP contribution in [-0.4, -0.2) is 38.1 Å². The van der Waals surface area contributed by atoms with Crippen LogP contribution in [0.4, 0.5) is 0 Å². The summed E-state index contributed by atoms with van der Waals surface area (Å²) in [7, 11) is 1.59. The highest BCUT2D eigenvalue weighted by atomic mass is 32.2. The number of ketones is 1. The molecule has 9 heteroatoms. The number of nitrogen functional groups attached to an aromatic ring is 1. The zero-order chi connectivity index (χ0) is 21.7. The third-order valence-corrected chi connectivity index (χ3v) is 5.61. The average molecular weight is 428 g/mol. The molecule has 2 heterocycles. The van der Waals surface area contributed by atoms with Crippen LogP contribution in [-0.2, 0) is 13.2 Å². The van der Waals surface area contributed by atoms with Crippen LogP contribution in [0.5, 0.6) is 11.5 Å². The van der Waals surface area contributed by atoms with Gasteiger partial charge in [0.25, 0.3) is 0 Å². The molecule has 3 rings (SSSR count). The lowest BCUT2D eigenvalue weighted by molar-refractivity contribution is 0.102. The molecule has 0 fully saturated rings. The molecular formula is C21H25N5O3S. The topological polar surface area (TPSA) is 97.2 Å². The van der Waals surface area contributed by atoms with Gasteiger partial charge in [0.1, 0.15) is 18.1 Å². The number of aryl methyl sites for hydroxylation is 1. The molecule has 0 aliphatic carbocycles. The molecule has 3 aromatic rings. The number of thioether (sulfide) groups is 1. The van der Waals surface area contributed by atoms with Gasteiger partial charge in [-0.05, 0) is 32.0 Å². The van der Waals surface area contributed by atoms with Crippen LogP contribution in [0, 0.1) is 13.8 Å². The van der Waals surface area contributed by atoms with Gasteiger partial charge in [0.05, 0.1) is 12.9 Å². The van der Waals surface area contributed by atoms with E-state index in [0.717, 1.165) is 11.4 Å². The van der Waals surface area contributed by atoms with Crippen molar-refractivity contribution in [3.63, 3.8) is 0 Å². The second-order valence-electron chi connectivity index (χ2n) is 6.63. The van der Waals surface area contributed by atoms with Gasteiger partial charge in [0.2, 0.25) is 5.16 Å². The van der Waals surface area contributed by atoms with Gasteiger partial charge in [-0.1, -0.05) is 23.9 Å². The van der Waals surface area contributed by atoms with Crippen molar-refractivity contribution in [3.05, 3.63) is 65.8 Å². The van der Waals surface area contributed by atoms with E-state index in [4.69, 9.17) is 15.3 Å². The van der Waals surface area contributed by atoms with Gasteiger partial charge in [-0.15, -0.1) is 16.8 Å². The molecule has 0 spiro atoms. The Labute approximate surface area is 179 Å². The number of Topliss-reactive ketones (excluding diaryl/α,β-unsaturated/α-hetero) is 1. The summed E-state index contributed by atoms with van der Waals surface area (Å²) >= 11 is 1.25. The average Bonchev–Trinajstić information content (AvgIpc) is 3.24. The minimum atomic E-state index is 0.0144. The normalized spacial score (nSPS) is 10.8. The third-order valence-electron chi connectivity index (χ3n) is 4.66. The van der Waals surface area contributed by atoms with E-state index in [1.807, 2.05) is 44.2 Å². The Morgan fingerprint density at radius 2 is 2.03 bits per heavy atom. The molecule has 0 amide bonds. The number of ether oxygens (including phenoxy) is 2. The lowest BCUT2D eigenvalue weighted by Crippen LogP contribution is -2.16.